The van der Waals surface area contributed by atoms with Gasteiger partial charge in [-0.05, 0) is 13.8 Å². The van der Waals surface area contributed by atoms with Crippen LogP contribution in [0.2, 0.25) is 0 Å². The second-order valence-electron chi connectivity index (χ2n) is 3.72. The second-order valence-corrected chi connectivity index (χ2v) is 4.33. The highest BCUT2D eigenvalue weighted by Gasteiger charge is 2.12. The van der Waals surface area contributed by atoms with Gasteiger partial charge in [-0.1, -0.05) is 0 Å². The Morgan fingerprint density at radius 2 is 2.00 bits per heavy atom. The lowest BCUT2D eigenvalue weighted by molar-refractivity contribution is 0.199. The average Bonchev–Trinajstić information content (AvgIpc) is 2.22. The van der Waals surface area contributed by atoms with Crippen molar-refractivity contribution < 1.29 is 4.74 Å². The highest BCUT2D eigenvalue weighted by Crippen LogP contribution is 2.08. The first-order valence-corrected chi connectivity index (χ1v) is 5.50. The highest BCUT2D eigenvalue weighted by molar-refractivity contribution is 6.21. The van der Waals surface area contributed by atoms with Crippen LogP contribution in [0.1, 0.15) is 11.4 Å². The molecule has 0 spiro atoms. The molecule has 1 aromatic heterocycles. The molecule has 0 saturated heterocycles. The molecule has 6 heteroatoms. The molecule has 1 atom stereocenters. The minimum absolute atomic E-state index is 0.0831. The fourth-order valence-corrected chi connectivity index (χ4v) is 1.55. The fourth-order valence-electron chi connectivity index (χ4n) is 1.22. The van der Waals surface area contributed by atoms with Crippen LogP contribution < -0.4 is 4.90 Å². The molecule has 5 nitrogen and oxygen atoms in total. The van der Waals surface area contributed by atoms with E-state index in [4.69, 9.17) is 16.3 Å². The zero-order valence-corrected chi connectivity index (χ0v) is 10.8. The lowest BCUT2D eigenvalue weighted by Crippen LogP contribution is -2.30. The van der Waals surface area contributed by atoms with Crippen molar-refractivity contribution in [1.82, 2.24) is 15.2 Å². The SMILES string of the molecule is COCC(Cl)CN(C)c1nnc(C)c(C)n1. The van der Waals surface area contributed by atoms with Gasteiger partial charge in [0, 0.05) is 20.7 Å². The van der Waals surface area contributed by atoms with Gasteiger partial charge in [-0.2, -0.15) is 5.10 Å². The van der Waals surface area contributed by atoms with E-state index >= 15 is 0 Å². The molecule has 0 fully saturated rings. The quantitative estimate of drug-likeness (QED) is 0.728. The number of halogens is 1. The molecular weight excluding hydrogens is 228 g/mol. The van der Waals surface area contributed by atoms with Crippen LogP contribution in [-0.4, -0.2) is 47.9 Å². The maximum atomic E-state index is 6.05. The van der Waals surface area contributed by atoms with E-state index in [1.54, 1.807) is 7.11 Å². The summed E-state index contributed by atoms with van der Waals surface area (Å²) in [7, 11) is 3.51. The molecule has 1 unspecified atom stereocenters. The van der Waals surface area contributed by atoms with Gasteiger partial charge in [0.2, 0.25) is 5.95 Å². The minimum atomic E-state index is -0.0831. The summed E-state index contributed by atoms with van der Waals surface area (Å²) in [5.41, 5.74) is 1.73. The van der Waals surface area contributed by atoms with Crippen molar-refractivity contribution in [3.05, 3.63) is 11.4 Å². The largest absolute Gasteiger partial charge is 0.383 e. The summed E-state index contributed by atoms with van der Waals surface area (Å²) in [5, 5.41) is 7.96. The number of anilines is 1. The summed E-state index contributed by atoms with van der Waals surface area (Å²) in [4.78, 5) is 6.21. The average molecular weight is 245 g/mol. The maximum Gasteiger partial charge on any atom is 0.245 e. The van der Waals surface area contributed by atoms with Crippen LogP contribution in [0.3, 0.4) is 0 Å². The molecule has 1 rings (SSSR count). The first kappa shape index (κ1) is 13.1. The van der Waals surface area contributed by atoms with E-state index in [1.807, 2.05) is 25.8 Å². The monoisotopic (exact) mass is 244 g/mol. The van der Waals surface area contributed by atoms with Gasteiger partial charge in [0.05, 0.1) is 23.4 Å². The Kier molecular flexibility index (Phi) is 4.89. The van der Waals surface area contributed by atoms with Crippen molar-refractivity contribution in [1.29, 1.82) is 0 Å². The predicted molar refractivity (Wildman–Crippen MR) is 64.1 cm³/mol. The van der Waals surface area contributed by atoms with Crippen molar-refractivity contribution in [2.45, 2.75) is 19.2 Å². The predicted octanol–water partition coefficient (Wildman–Crippen LogP) is 1.18. The third-order valence-corrected chi connectivity index (χ3v) is 2.51. The van der Waals surface area contributed by atoms with Gasteiger partial charge in [-0.15, -0.1) is 16.7 Å². The van der Waals surface area contributed by atoms with Gasteiger partial charge in [0.15, 0.2) is 0 Å². The molecule has 0 amide bonds. The topological polar surface area (TPSA) is 51.1 Å². The Bertz CT molecular complexity index is 348. The summed E-state index contributed by atoms with van der Waals surface area (Å²) in [6, 6.07) is 0. The summed E-state index contributed by atoms with van der Waals surface area (Å²) >= 11 is 6.05. The molecule has 0 bridgehead atoms. The van der Waals surface area contributed by atoms with Crippen LogP contribution in [0, 0.1) is 13.8 Å². The van der Waals surface area contributed by atoms with Crippen LogP contribution in [0.15, 0.2) is 0 Å². The number of aryl methyl sites for hydroxylation is 2. The molecule has 16 heavy (non-hydrogen) atoms. The van der Waals surface area contributed by atoms with Gasteiger partial charge in [0.1, 0.15) is 0 Å². The molecule has 0 aliphatic heterocycles. The molecule has 0 aliphatic carbocycles. The zero-order chi connectivity index (χ0) is 12.1. The van der Waals surface area contributed by atoms with E-state index in [9.17, 15) is 0 Å². The number of alkyl halides is 1. The molecule has 1 heterocycles. The lowest BCUT2D eigenvalue weighted by atomic mass is 10.4. The number of nitrogens with zero attached hydrogens (tertiary/aromatic N) is 4. The molecule has 0 radical (unpaired) electrons. The number of ether oxygens (including phenoxy) is 1. The molecule has 1 aromatic rings. The van der Waals surface area contributed by atoms with Crippen molar-refractivity contribution in [2.24, 2.45) is 0 Å². The first-order chi connectivity index (χ1) is 7.54. The Hall–Kier alpha value is -0.940. The van der Waals surface area contributed by atoms with E-state index in [0.717, 1.165) is 11.4 Å². The molecule has 0 aliphatic rings. The summed E-state index contributed by atoms with van der Waals surface area (Å²) < 4.78 is 4.97. The van der Waals surface area contributed by atoms with Crippen molar-refractivity contribution in [3.8, 4) is 0 Å². The minimum Gasteiger partial charge on any atom is -0.383 e. The standard InChI is InChI=1S/C10H17ClN4O/c1-7-8(2)13-14-10(12-7)15(3)5-9(11)6-16-4/h9H,5-6H2,1-4H3. The van der Waals surface area contributed by atoms with E-state index in [2.05, 4.69) is 15.2 Å². The summed E-state index contributed by atoms with van der Waals surface area (Å²) in [5.74, 6) is 0.588. The Morgan fingerprint density at radius 1 is 1.31 bits per heavy atom. The number of methoxy groups -OCH3 is 1. The van der Waals surface area contributed by atoms with Gasteiger partial charge in [-0.25, -0.2) is 4.98 Å². The smallest absolute Gasteiger partial charge is 0.245 e. The van der Waals surface area contributed by atoms with Gasteiger partial charge < -0.3 is 9.64 Å². The normalized spacial score (nSPS) is 12.6. The Balaban J connectivity index is 2.65. The Morgan fingerprint density at radius 3 is 2.56 bits per heavy atom. The van der Waals surface area contributed by atoms with Crippen molar-refractivity contribution in [3.63, 3.8) is 0 Å². The lowest BCUT2D eigenvalue weighted by Gasteiger charge is -2.19. The number of hydrogen-bond acceptors (Lipinski definition) is 5. The molecular formula is C10H17ClN4O. The third-order valence-electron chi connectivity index (χ3n) is 2.24. The second kappa shape index (κ2) is 5.96. The zero-order valence-electron chi connectivity index (χ0n) is 10.1. The van der Waals surface area contributed by atoms with Gasteiger partial charge in [0.25, 0.3) is 0 Å². The van der Waals surface area contributed by atoms with Crippen LogP contribution in [0.4, 0.5) is 5.95 Å². The maximum absolute atomic E-state index is 6.05. The molecule has 0 N–H and O–H groups in total. The molecule has 0 aromatic carbocycles. The third kappa shape index (κ3) is 3.57. The van der Waals surface area contributed by atoms with E-state index in [0.29, 0.717) is 19.1 Å². The molecule has 0 saturated carbocycles. The van der Waals surface area contributed by atoms with Crippen molar-refractivity contribution >= 4 is 17.5 Å². The Labute approximate surface area is 101 Å². The number of hydrogen-bond donors (Lipinski definition) is 0. The first-order valence-electron chi connectivity index (χ1n) is 5.06. The molecule has 90 valence electrons. The highest BCUT2D eigenvalue weighted by atomic mass is 35.5. The van der Waals surface area contributed by atoms with Gasteiger partial charge >= 0.3 is 0 Å². The number of rotatable bonds is 5. The van der Waals surface area contributed by atoms with Gasteiger partial charge in [-0.3, -0.25) is 0 Å². The number of aromatic nitrogens is 3. The van der Waals surface area contributed by atoms with Crippen LogP contribution in [0.25, 0.3) is 0 Å². The summed E-state index contributed by atoms with van der Waals surface area (Å²) in [6.07, 6.45) is 0. The van der Waals surface area contributed by atoms with Crippen LogP contribution in [0.5, 0.6) is 0 Å². The van der Waals surface area contributed by atoms with Crippen molar-refractivity contribution in [2.75, 3.05) is 32.2 Å². The van der Waals surface area contributed by atoms with Crippen LogP contribution >= 0.6 is 11.6 Å². The van der Waals surface area contributed by atoms with E-state index < -0.39 is 0 Å². The van der Waals surface area contributed by atoms with Crippen LogP contribution in [-0.2, 0) is 4.74 Å². The fraction of sp³-hybridized carbons (Fsp3) is 0.700. The summed E-state index contributed by atoms with van der Waals surface area (Å²) in [6.45, 7) is 4.92. The van der Waals surface area contributed by atoms with E-state index in [1.165, 1.54) is 0 Å². The van der Waals surface area contributed by atoms with E-state index in [-0.39, 0.29) is 5.38 Å².